The van der Waals surface area contributed by atoms with Crippen molar-refractivity contribution in [2.24, 2.45) is 0 Å². The molecule has 0 aliphatic rings. The molecule has 1 atom stereocenters. The monoisotopic (exact) mass is 883 g/mol. The molecule has 0 bridgehead atoms. The number of rotatable bonds is 43. The Kier molecular flexibility index (Phi) is 47.6. The first-order chi connectivity index (χ1) is 31.5. The van der Waals surface area contributed by atoms with Crippen LogP contribution in [0.3, 0.4) is 0 Å². The molecule has 0 aliphatic heterocycles. The van der Waals surface area contributed by atoms with Gasteiger partial charge in [-0.2, -0.15) is 0 Å². The summed E-state index contributed by atoms with van der Waals surface area (Å²) in [6, 6.07) is 0. The molecule has 6 heteroatoms. The summed E-state index contributed by atoms with van der Waals surface area (Å²) in [4.78, 5) is 37.9. The predicted molar refractivity (Wildman–Crippen MR) is 274 cm³/mol. The van der Waals surface area contributed by atoms with E-state index in [1.165, 1.54) is 38.5 Å². The fourth-order valence-corrected chi connectivity index (χ4v) is 6.18. The Labute approximate surface area is 392 Å². The summed E-state index contributed by atoms with van der Waals surface area (Å²) in [5, 5.41) is 0. The van der Waals surface area contributed by atoms with E-state index in [1.807, 2.05) is 18.2 Å². The lowest BCUT2D eigenvalue weighted by atomic mass is 10.1. The fourth-order valence-electron chi connectivity index (χ4n) is 6.18. The van der Waals surface area contributed by atoms with Crippen molar-refractivity contribution in [3.8, 4) is 0 Å². The van der Waals surface area contributed by atoms with Crippen LogP contribution in [-0.2, 0) is 28.6 Å². The van der Waals surface area contributed by atoms with E-state index >= 15 is 0 Å². The van der Waals surface area contributed by atoms with Crippen molar-refractivity contribution < 1.29 is 28.6 Å². The number of esters is 3. The predicted octanol–water partition coefficient (Wildman–Crippen LogP) is 16.7. The Morgan fingerprint density at radius 1 is 0.328 bits per heavy atom. The normalized spacial score (nSPS) is 13.2. The van der Waals surface area contributed by atoms with Crippen molar-refractivity contribution in [1.29, 1.82) is 0 Å². The average Bonchev–Trinajstić information content (AvgIpc) is 3.29. The van der Waals surface area contributed by atoms with Crippen LogP contribution in [0.4, 0.5) is 0 Å². The van der Waals surface area contributed by atoms with Crippen molar-refractivity contribution in [3.05, 3.63) is 134 Å². The third kappa shape index (κ3) is 48.6. The minimum atomic E-state index is -0.847. The Bertz CT molecular complexity index is 1430. The van der Waals surface area contributed by atoms with Crippen LogP contribution in [0.5, 0.6) is 0 Å². The largest absolute Gasteiger partial charge is 0.462 e. The number of allylic oxidation sites excluding steroid dienone is 22. The van der Waals surface area contributed by atoms with E-state index in [0.29, 0.717) is 12.8 Å². The maximum atomic E-state index is 12.8. The van der Waals surface area contributed by atoms with E-state index in [9.17, 15) is 14.4 Å². The molecule has 6 nitrogen and oxygen atoms in total. The van der Waals surface area contributed by atoms with Gasteiger partial charge in [-0.1, -0.05) is 199 Å². The molecule has 64 heavy (non-hydrogen) atoms. The molecule has 0 radical (unpaired) electrons. The van der Waals surface area contributed by atoms with Gasteiger partial charge in [-0.3, -0.25) is 14.4 Å². The molecule has 0 saturated carbocycles. The summed E-state index contributed by atoms with van der Waals surface area (Å²) in [6.07, 6.45) is 71.7. The van der Waals surface area contributed by atoms with Crippen molar-refractivity contribution in [1.82, 2.24) is 0 Å². The second kappa shape index (κ2) is 51.2. The van der Waals surface area contributed by atoms with E-state index in [4.69, 9.17) is 14.2 Å². The maximum absolute atomic E-state index is 12.8. The molecular weight excluding hydrogens is 793 g/mol. The van der Waals surface area contributed by atoms with Crippen LogP contribution in [0.1, 0.15) is 194 Å². The summed E-state index contributed by atoms with van der Waals surface area (Å²) in [5.41, 5.74) is 0. The molecule has 0 aromatic rings. The number of unbranched alkanes of at least 4 members (excludes halogenated alkanes) is 10. The molecule has 0 fully saturated rings. The summed E-state index contributed by atoms with van der Waals surface area (Å²) < 4.78 is 16.6. The average molecular weight is 883 g/mol. The van der Waals surface area contributed by atoms with Gasteiger partial charge in [0.15, 0.2) is 6.10 Å². The van der Waals surface area contributed by atoms with Crippen LogP contribution >= 0.6 is 0 Å². The quantitative estimate of drug-likeness (QED) is 0.0263. The second-order valence-corrected chi connectivity index (χ2v) is 16.0. The highest BCUT2D eigenvalue weighted by Crippen LogP contribution is 2.11. The standard InChI is InChI=1S/C58H90O6/c1-4-7-10-13-16-19-22-25-27-28-29-30-31-34-36-39-42-45-48-51-57(60)63-54-55(53-62-56(59)50-47-44-41-38-35-32-24-21-18-15-12-9-6-3)64-58(61)52-49-46-43-40-37-33-26-23-20-17-14-11-8-5-2/h7-8,10-11,16-17,19-20,25-27,29-30,32-36,41-42,44-45,55H,4-6,9,12-15,18,21-24,28,31,37-40,43,46-54H2,1-3H3/b10-7-,11-8-,19-16-,20-17-,27-25-,30-29-,33-26-,35-32-,36-34-,44-41-,45-42-. The first-order valence-corrected chi connectivity index (χ1v) is 25.2. The van der Waals surface area contributed by atoms with E-state index in [0.717, 1.165) is 103 Å². The summed E-state index contributed by atoms with van der Waals surface area (Å²) in [6.45, 7) is 6.23. The zero-order valence-corrected chi connectivity index (χ0v) is 40.7. The van der Waals surface area contributed by atoms with Crippen LogP contribution in [0.15, 0.2) is 134 Å². The Balaban J connectivity index is 4.62. The molecule has 0 N–H and O–H groups in total. The van der Waals surface area contributed by atoms with Crippen LogP contribution in [-0.4, -0.2) is 37.2 Å². The molecule has 1 unspecified atom stereocenters. The van der Waals surface area contributed by atoms with Crippen LogP contribution in [0, 0.1) is 0 Å². The lowest BCUT2D eigenvalue weighted by Gasteiger charge is -2.18. The maximum Gasteiger partial charge on any atom is 0.306 e. The minimum Gasteiger partial charge on any atom is -0.462 e. The molecule has 0 spiro atoms. The van der Waals surface area contributed by atoms with Crippen molar-refractivity contribution in [2.45, 2.75) is 200 Å². The van der Waals surface area contributed by atoms with Gasteiger partial charge in [-0.05, 0) is 109 Å². The second-order valence-electron chi connectivity index (χ2n) is 16.0. The molecule has 0 amide bonds. The molecule has 0 saturated heterocycles. The topological polar surface area (TPSA) is 78.9 Å². The van der Waals surface area contributed by atoms with Crippen molar-refractivity contribution in [3.63, 3.8) is 0 Å². The van der Waals surface area contributed by atoms with Crippen molar-refractivity contribution in [2.75, 3.05) is 13.2 Å². The molecule has 0 heterocycles. The van der Waals surface area contributed by atoms with Crippen LogP contribution < -0.4 is 0 Å². The van der Waals surface area contributed by atoms with Gasteiger partial charge < -0.3 is 14.2 Å². The number of hydrogen-bond acceptors (Lipinski definition) is 6. The van der Waals surface area contributed by atoms with Gasteiger partial charge in [0.05, 0.1) is 0 Å². The SMILES string of the molecule is CC/C=C\C/C=C\C/C=C\C/C=C\C/C=C\C/C=C\CCC(=O)OCC(COC(=O)CC/C=C\C/C=C\CCCCCCCC)OC(=O)CCCCCC/C=C\C/C=C\C/C=C\CC. The van der Waals surface area contributed by atoms with Gasteiger partial charge in [0.1, 0.15) is 13.2 Å². The zero-order chi connectivity index (χ0) is 46.5. The van der Waals surface area contributed by atoms with Gasteiger partial charge in [0.2, 0.25) is 0 Å². The smallest absolute Gasteiger partial charge is 0.306 e. The van der Waals surface area contributed by atoms with Crippen molar-refractivity contribution >= 4 is 17.9 Å². The van der Waals surface area contributed by atoms with Gasteiger partial charge >= 0.3 is 17.9 Å². The molecule has 0 aliphatic carbocycles. The van der Waals surface area contributed by atoms with Gasteiger partial charge in [-0.15, -0.1) is 0 Å². The molecule has 0 aromatic carbocycles. The first kappa shape index (κ1) is 59.5. The number of carbonyl (C=O) groups excluding carboxylic acids is 3. The van der Waals surface area contributed by atoms with E-state index in [-0.39, 0.29) is 50.4 Å². The third-order valence-corrected chi connectivity index (χ3v) is 9.90. The Hall–Kier alpha value is -4.45. The highest BCUT2D eigenvalue weighted by Gasteiger charge is 2.19. The number of carbonyl (C=O) groups is 3. The lowest BCUT2D eigenvalue weighted by Crippen LogP contribution is -2.30. The van der Waals surface area contributed by atoms with Gasteiger partial charge in [0.25, 0.3) is 0 Å². The third-order valence-electron chi connectivity index (χ3n) is 9.90. The minimum absolute atomic E-state index is 0.146. The van der Waals surface area contributed by atoms with Gasteiger partial charge in [-0.25, -0.2) is 0 Å². The Morgan fingerprint density at radius 3 is 1.02 bits per heavy atom. The van der Waals surface area contributed by atoms with Crippen LogP contribution in [0.2, 0.25) is 0 Å². The summed E-state index contributed by atoms with van der Waals surface area (Å²) in [7, 11) is 0. The molecular formula is C58H90O6. The highest BCUT2D eigenvalue weighted by atomic mass is 16.6. The lowest BCUT2D eigenvalue weighted by molar-refractivity contribution is -0.166. The zero-order valence-electron chi connectivity index (χ0n) is 40.7. The highest BCUT2D eigenvalue weighted by molar-refractivity contribution is 5.71. The fraction of sp³-hybridized carbons (Fsp3) is 0.569. The summed E-state index contributed by atoms with van der Waals surface area (Å²) >= 11 is 0. The van der Waals surface area contributed by atoms with E-state index in [1.54, 1.807) is 0 Å². The molecule has 0 rings (SSSR count). The molecule has 0 aromatic heterocycles. The molecule has 358 valence electrons. The first-order valence-electron chi connectivity index (χ1n) is 25.2. The number of hydrogen-bond donors (Lipinski definition) is 0. The van der Waals surface area contributed by atoms with E-state index in [2.05, 4.69) is 136 Å². The van der Waals surface area contributed by atoms with Gasteiger partial charge in [0, 0.05) is 19.3 Å². The summed E-state index contributed by atoms with van der Waals surface area (Å²) in [5.74, 6) is -1.13. The van der Waals surface area contributed by atoms with Crippen LogP contribution in [0.25, 0.3) is 0 Å². The Morgan fingerprint density at radius 2 is 0.641 bits per heavy atom. The number of ether oxygens (including phenoxy) is 3. The van der Waals surface area contributed by atoms with E-state index < -0.39 is 6.10 Å².